The highest BCUT2D eigenvalue weighted by atomic mass is 16.3. The molecule has 0 unspecified atom stereocenters. The number of aryl methyl sites for hydroxylation is 1. The van der Waals surface area contributed by atoms with Crippen molar-refractivity contribution in [3.63, 3.8) is 0 Å². The fourth-order valence-corrected chi connectivity index (χ4v) is 1.04. The molecule has 0 radical (unpaired) electrons. The number of aliphatic hydroxyl groups excluding tert-OH is 1. The maximum Gasteiger partial charge on any atom is 0.132 e. The van der Waals surface area contributed by atoms with Crippen LogP contribution in [0.5, 0.6) is 0 Å². The number of anilines is 1. The monoisotopic (exact) mass is 195 g/mol. The quantitative estimate of drug-likeness (QED) is 0.781. The van der Waals surface area contributed by atoms with Crippen LogP contribution in [-0.2, 0) is 0 Å². The van der Waals surface area contributed by atoms with Crippen LogP contribution < -0.4 is 4.90 Å². The molecule has 1 heterocycles. The first-order valence-corrected chi connectivity index (χ1v) is 4.61. The van der Waals surface area contributed by atoms with Gasteiger partial charge in [0.15, 0.2) is 0 Å². The Balaban J connectivity index is 2.94. The van der Waals surface area contributed by atoms with Crippen LogP contribution in [0.1, 0.15) is 19.5 Å². The van der Waals surface area contributed by atoms with E-state index in [1.165, 1.54) is 6.33 Å². The molecule has 0 atom stereocenters. The average Bonchev–Trinajstić information content (AvgIpc) is 2.16. The molecule has 78 valence electrons. The van der Waals surface area contributed by atoms with E-state index in [4.69, 9.17) is 0 Å². The van der Waals surface area contributed by atoms with E-state index < -0.39 is 0 Å². The van der Waals surface area contributed by atoms with Crippen LogP contribution >= 0.6 is 0 Å². The minimum absolute atomic E-state index is 0.0898. The smallest absolute Gasteiger partial charge is 0.132 e. The summed E-state index contributed by atoms with van der Waals surface area (Å²) in [7, 11) is 1.91. The molecule has 4 nitrogen and oxygen atoms in total. The Bertz CT molecular complexity index is 312. The number of nitrogens with zero attached hydrogens (tertiary/aromatic N) is 3. The molecule has 0 aliphatic heterocycles. The second-order valence-corrected chi connectivity index (χ2v) is 4.05. The number of hydrogen-bond donors (Lipinski definition) is 1. The third-order valence-electron chi connectivity index (χ3n) is 2.43. The lowest BCUT2D eigenvalue weighted by Gasteiger charge is -2.34. The van der Waals surface area contributed by atoms with Crippen molar-refractivity contribution in [1.29, 1.82) is 0 Å². The highest BCUT2D eigenvalue weighted by Crippen LogP contribution is 2.19. The van der Waals surface area contributed by atoms with Gasteiger partial charge >= 0.3 is 0 Å². The highest BCUT2D eigenvalue weighted by Gasteiger charge is 2.23. The minimum atomic E-state index is -0.305. The number of likely N-dealkylation sites (N-methyl/N-ethyl adjacent to an activating group) is 1. The third-order valence-corrected chi connectivity index (χ3v) is 2.43. The molecular formula is C10H17N3O. The molecule has 4 heteroatoms. The first-order valence-electron chi connectivity index (χ1n) is 4.61. The Labute approximate surface area is 84.6 Å². The van der Waals surface area contributed by atoms with Crippen molar-refractivity contribution in [3.8, 4) is 0 Å². The average molecular weight is 195 g/mol. The lowest BCUT2D eigenvalue weighted by molar-refractivity contribution is 0.215. The van der Waals surface area contributed by atoms with Gasteiger partial charge in [-0.15, -0.1) is 0 Å². The van der Waals surface area contributed by atoms with Gasteiger partial charge in [-0.3, -0.25) is 0 Å². The first-order chi connectivity index (χ1) is 6.47. The van der Waals surface area contributed by atoms with Crippen LogP contribution in [0.15, 0.2) is 12.4 Å². The lowest BCUT2D eigenvalue weighted by Crippen LogP contribution is -2.44. The van der Waals surface area contributed by atoms with Gasteiger partial charge in [0.05, 0.1) is 12.1 Å². The standard InChI is InChI=1S/C10H17N3O/c1-8-5-9(12-7-11-8)13(4)10(2,3)6-14/h5,7,14H,6H2,1-4H3. The van der Waals surface area contributed by atoms with Crippen LogP contribution in [0.25, 0.3) is 0 Å². The highest BCUT2D eigenvalue weighted by molar-refractivity contribution is 5.40. The van der Waals surface area contributed by atoms with Crippen molar-refractivity contribution in [2.75, 3.05) is 18.6 Å². The largest absolute Gasteiger partial charge is 0.394 e. The molecule has 0 saturated carbocycles. The number of aliphatic hydroxyl groups is 1. The van der Waals surface area contributed by atoms with E-state index in [0.29, 0.717) is 0 Å². The zero-order chi connectivity index (χ0) is 10.8. The van der Waals surface area contributed by atoms with Gasteiger partial charge in [0, 0.05) is 18.8 Å². The minimum Gasteiger partial charge on any atom is -0.394 e. The van der Waals surface area contributed by atoms with Gasteiger partial charge in [-0.2, -0.15) is 0 Å². The van der Waals surface area contributed by atoms with E-state index in [1.807, 2.05) is 38.8 Å². The van der Waals surface area contributed by atoms with Crippen molar-refractivity contribution < 1.29 is 5.11 Å². The fourth-order valence-electron chi connectivity index (χ4n) is 1.04. The second-order valence-electron chi connectivity index (χ2n) is 4.05. The van der Waals surface area contributed by atoms with E-state index in [9.17, 15) is 5.11 Å². The SMILES string of the molecule is Cc1cc(N(C)C(C)(C)CO)ncn1. The van der Waals surface area contributed by atoms with Gasteiger partial charge in [0.2, 0.25) is 0 Å². The van der Waals surface area contributed by atoms with E-state index in [1.54, 1.807) is 0 Å². The Morgan fingerprint density at radius 1 is 1.43 bits per heavy atom. The van der Waals surface area contributed by atoms with Crippen LogP contribution in [0, 0.1) is 6.92 Å². The van der Waals surface area contributed by atoms with Gasteiger partial charge < -0.3 is 10.0 Å². The Morgan fingerprint density at radius 3 is 2.57 bits per heavy atom. The van der Waals surface area contributed by atoms with Crippen molar-refractivity contribution in [1.82, 2.24) is 9.97 Å². The van der Waals surface area contributed by atoms with E-state index in [-0.39, 0.29) is 12.1 Å². The Hall–Kier alpha value is -1.16. The summed E-state index contributed by atoms with van der Waals surface area (Å²) >= 11 is 0. The summed E-state index contributed by atoms with van der Waals surface area (Å²) in [5, 5.41) is 9.21. The molecule has 0 fully saturated rings. The molecule has 1 aromatic rings. The van der Waals surface area contributed by atoms with Gasteiger partial charge in [-0.25, -0.2) is 9.97 Å². The van der Waals surface area contributed by atoms with Crippen molar-refractivity contribution in [3.05, 3.63) is 18.1 Å². The molecule has 1 N–H and O–H groups in total. The molecule has 0 aliphatic rings. The molecule has 1 rings (SSSR count). The molecule has 14 heavy (non-hydrogen) atoms. The zero-order valence-electron chi connectivity index (χ0n) is 9.15. The number of rotatable bonds is 3. The lowest BCUT2D eigenvalue weighted by atomic mass is 10.1. The summed E-state index contributed by atoms with van der Waals surface area (Å²) in [6, 6.07) is 1.90. The molecule has 0 amide bonds. The molecule has 0 spiro atoms. The van der Waals surface area contributed by atoms with E-state index in [0.717, 1.165) is 11.5 Å². The maximum atomic E-state index is 9.21. The summed E-state index contributed by atoms with van der Waals surface area (Å²) in [5.74, 6) is 0.830. The number of aromatic nitrogens is 2. The topological polar surface area (TPSA) is 49.2 Å². The summed E-state index contributed by atoms with van der Waals surface area (Å²) in [6.45, 7) is 5.94. The molecule has 0 aliphatic carbocycles. The Morgan fingerprint density at radius 2 is 2.07 bits per heavy atom. The van der Waals surface area contributed by atoms with E-state index >= 15 is 0 Å². The van der Waals surface area contributed by atoms with Gasteiger partial charge in [-0.05, 0) is 20.8 Å². The predicted molar refractivity (Wildman–Crippen MR) is 56.3 cm³/mol. The summed E-state index contributed by atoms with van der Waals surface area (Å²) in [4.78, 5) is 10.1. The second kappa shape index (κ2) is 3.92. The summed E-state index contributed by atoms with van der Waals surface area (Å²) < 4.78 is 0. The Kier molecular flexibility index (Phi) is 3.06. The van der Waals surface area contributed by atoms with Crippen LogP contribution in [0.3, 0.4) is 0 Å². The van der Waals surface area contributed by atoms with E-state index in [2.05, 4.69) is 9.97 Å². The van der Waals surface area contributed by atoms with Gasteiger partial charge in [0.25, 0.3) is 0 Å². The summed E-state index contributed by atoms with van der Waals surface area (Å²) in [5.41, 5.74) is 0.622. The van der Waals surface area contributed by atoms with Crippen LogP contribution in [-0.4, -0.2) is 34.3 Å². The number of hydrogen-bond acceptors (Lipinski definition) is 4. The normalized spacial score (nSPS) is 11.5. The zero-order valence-corrected chi connectivity index (χ0v) is 9.15. The maximum absolute atomic E-state index is 9.21. The van der Waals surface area contributed by atoms with Crippen LogP contribution in [0.2, 0.25) is 0 Å². The summed E-state index contributed by atoms with van der Waals surface area (Å²) in [6.07, 6.45) is 1.54. The first kappa shape index (κ1) is 10.9. The molecule has 1 aromatic heterocycles. The molecular weight excluding hydrogens is 178 g/mol. The van der Waals surface area contributed by atoms with Crippen molar-refractivity contribution >= 4 is 5.82 Å². The third kappa shape index (κ3) is 2.20. The van der Waals surface area contributed by atoms with Gasteiger partial charge in [-0.1, -0.05) is 0 Å². The molecule has 0 aromatic carbocycles. The van der Waals surface area contributed by atoms with Crippen molar-refractivity contribution in [2.45, 2.75) is 26.3 Å². The van der Waals surface area contributed by atoms with Gasteiger partial charge in [0.1, 0.15) is 12.1 Å². The molecule has 0 bridgehead atoms. The fraction of sp³-hybridized carbons (Fsp3) is 0.600. The van der Waals surface area contributed by atoms with Crippen LogP contribution in [0.4, 0.5) is 5.82 Å². The molecule has 0 saturated heterocycles. The predicted octanol–water partition coefficient (Wildman–Crippen LogP) is 0.992. The van der Waals surface area contributed by atoms with Crippen molar-refractivity contribution in [2.24, 2.45) is 0 Å².